The largest absolute Gasteiger partial charge is 0.238 e. The number of nitrogens with zero attached hydrogens (tertiary/aromatic N) is 1. The summed E-state index contributed by atoms with van der Waals surface area (Å²) in [7, 11) is -12.0. The molecular weight excluding hydrogens is 328 g/mol. The standard InChI is InChI=1S/C9H14N2O6S3/c1-18(12,13)11(19(2,14)15)7-8-4-3-5-9(6-8)20(10,16)17/h3-6H,7H2,1-2H3,(H2,10,16,17). The highest BCUT2D eigenvalue weighted by molar-refractivity contribution is 8.03. The van der Waals surface area contributed by atoms with E-state index in [1.807, 2.05) is 0 Å². The zero-order valence-corrected chi connectivity index (χ0v) is 13.2. The third-order valence-electron chi connectivity index (χ3n) is 2.28. The first kappa shape index (κ1) is 17.0. The SMILES string of the molecule is CS(=O)(=O)N(Cc1cccc(S(N)(=O)=O)c1)S(C)(=O)=O. The number of hydrogen-bond donors (Lipinski definition) is 1. The van der Waals surface area contributed by atoms with Crippen LogP contribution >= 0.6 is 0 Å². The maximum absolute atomic E-state index is 11.5. The summed E-state index contributed by atoms with van der Waals surface area (Å²) >= 11 is 0. The summed E-state index contributed by atoms with van der Waals surface area (Å²) < 4.78 is 68.5. The fraction of sp³-hybridized carbons (Fsp3) is 0.333. The Balaban J connectivity index is 3.28. The topological polar surface area (TPSA) is 132 Å². The highest BCUT2D eigenvalue weighted by atomic mass is 32.3. The predicted molar refractivity (Wildman–Crippen MR) is 73.0 cm³/mol. The zero-order chi connectivity index (χ0) is 15.8. The van der Waals surface area contributed by atoms with Crippen LogP contribution in [0.5, 0.6) is 0 Å². The highest BCUT2D eigenvalue weighted by Crippen LogP contribution is 2.15. The molecule has 0 bridgehead atoms. The second kappa shape index (κ2) is 5.41. The van der Waals surface area contributed by atoms with Crippen molar-refractivity contribution >= 4 is 30.1 Å². The number of nitrogens with two attached hydrogens (primary N) is 1. The minimum atomic E-state index is -4.00. The Hall–Kier alpha value is -1.01. The van der Waals surface area contributed by atoms with Gasteiger partial charge in [0, 0.05) is 0 Å². The van der Waals surface area contributed by atoms with Crippen molar-refractivity contribution in [3.8, 4) is 0 Å². The van der Waals surface area contributed by atoms with Gasteiger partial charge in [-0.05, 0) is 17.7 Å². The summed E-state index contributed by atoms with van der Waals surface area (Å²) in [4.78, 5) is -0.225. The second-order valence-electron chi connectivity index (χ2n) is 4.15. The Morgan fingerprint density at radius 2 is 1.50 bits per heavy atom. The van der Waals surface area contributed by atoms with Crippen molar-refractivity contribution in [3.63, 3.8) is 0 Å². The van der Waals surface area contributed by atoms with Crippen molar-refractivity contribution in [3.05, 3.63) is 29.8 Å². The van der Waals surface area contributed by atoms with Crippen LogP contribution in [-0.2, 0) is 36.6 Å². The van der Waals surface area contributed by atoms with Gasteiger partial charge in [-0.1, -0.05) is 15.8 Å². The minimum Gasteiger partial charge on any atom is -0.225 e. The van der Waals surface area contributed by atoms with Gasteiger partial charge in [0.25, 0.3) is 0 Å². The molecule has 114 valence electrons. The highest BCUT2D eigenvalue weighted by Gasteiger charge is 2.27. The van der Waals surface area contributed by atoms with E-state index in [-0.39, 0.29) is 14.2 Å². The summed E-state index contributed by atoms with van der Waals surface area (Å²) in [6.45, 7) is -0.499. The third kappa shape index (κ3) is 4.52. The molecule has 0 fully saturated rings. The van der Waals surface area contributed by atoms with E-state index in [0.717, 1.165) is 18.6 Å². The Morgan fingerprint density at radius 3 is 1.90 bits per heavy atom. The van der Waals surface area contributed by atoms with E-state index in [2.05, 4.69) is 0 Å². The smallest absolute Gasteiger partial charge is 0.225 e. The van der Waals surface area contributed by atoms with Crippen molar-refractivity contribution in [2.75, 3.05) is 12.5 Å². The molecule has 1 aromatic carbocycles. The molecule has 0 saturated heterocycles. The monoisotopic (exact) mass is 342 g/mol. The first-order valence-corrected chi connectivity index (χ1v) is 10.4. The quantitative estimate of drug-likeness (QED) is 0.734. The average Bonchev–Trinajstić information content (AvgIpc) is 2.22. The predicted octanol–water partition coefficient (Wildman–Crippen LogP) is -0.945. The molecule has 0 heterocycles. The van der Waals surface area contributed by atoms with E-state index in [1.165, 1.54) is 18.2 Å². The van der Waals surface area contributed by atoms with Gasteiger partial charge in [-0.15, -0.1) is 0 Å². The zero-order valence-electron chi connectivity index (χ0n) is 10.7. The molecule has 0 radical (unpaired) electrons. The first-order valence-electron chi connectivity index (χ1n) is 5.11. The maximum atomic E-state index is 11.5. The van der Waals surface area contributed by atoms with E-state index >= 15 is 0 Å². The van der Waals surface area contributed by atoms with E-state index in [1.54, 1.807) is 0 Å². The van der Waals surface area contributed by atoms with Gasteiger partial charge in [0.1, 0.15) is 0 Å². The van der Waals surface area contributed by atoms with Gasteiger partial charge in [-0.3, -0.25) is 0 Å². The lowest BCUT2D eigenvalue weighted by Gasteiger charge is -2.17. The number of primary sulfonamides is 1. The van der Waals surface area contributed by atoms with Crippen LogP contribution in [0.1, 0.15) is 5.56 Å². The minimum absolute atomic E-state index is 0.187. The van der Waals surface area contributed by atoms with E-state index in [0.29, 0.717) is 0 Å². The molecule has 0 aliphatic heterocycles. The molecule has 8 nitrogen and oxygen atoms in total. The number of sulfonamides is 3. The molecular formula is C9H14N2O6S3. The van der Waals surface area contributed by atoms with Crippen LogP contribution in [-0.4, -0.2) is 41.5 Å². The molecule has 1 rings (SSSR count). The number of benzene rings is 1. The van der Waals surface area contributed by atoms with Gasteiger partial charge in [-0.2, -0.15) is 0 Å². The van der Waals surface area contributed by atoms with Crippen LogP contribution in [0.2, 0.25) is 0 Å². The molecule has 0 spiro atoms. The molecule has 0 atom stereocenters. The van der Waals surface area contributed by atoms with Crippen molar-refractivity contribution in [1.29, 1.82) is 0 Å². The third-order valence-corrected chi connectivity index (χ3v) is 6.55. The van der Waals surface area contributed by atoms with E-state index in [4.69, 9.17) is 5.14 Å². The van der Waals surface area contributed by atoms with E-state index in [9.17, 15) is 25.3 Å². The van der Waals surface area contributed by atoms with Crippen LogP contribution in [0.15, 0.2) is 29.2 Å². The van der Waals surface area contributed by atoms with Gasteiger partial charge < -0.3 is 0 Å². The lowest BCUT2D eigenvalue weighted by molar-refractivity contribution is 0.502. The number of rotatable bonds is 5. The molecule has 20 heavy (non-hydrogen) atoms. The Kier molecular flexibility index (Phi) is 4.61. The molecule has 0 aliphatic carbocycles. The average molecular weight is 342 g/mol. The summed E-state index contributed by atoms with van der Waals surface area (Å²) in [6, 6.07) is 5.10. The maximum Gasteiger partial charge on any atom is 0.238 e. The van der Waals surface area contributed by atoms with Crippen molar-refractivity contribution in [1.82, 2.24) is 3.71 Å². The molecule has 2 N–H and O–H groups in total. The van der Waals surface area contributed by atoms with Crippen molar-refractivity contribution < 1.29 is 25.3 Å². The lowest BCUT2D eigenvalue weighted by atomic mass is 10.2. The summed E-state index contributed by atoms with van der Waals surface area (Å²) in [5.74, 6) is 0. The molecule has 0 unspecified atom stereocenters. The Morgan fingerprint density at radius 1 is 1.00 bits per heavy atom. The van der Waals surface area contributed by atoms with Crippen molar-refractivity contribution in [2.45, 2.75) is 11.4 Å². The summed E-state index contributed by atoms with van der Waals surface area (Å²) in [5, 5.41) is 4.95. The van der Waals surface area contributed by atoms with Crippen LogP contribution in [0.25, 0.3) is 0 Å². The fourth-order valence-electron chi connectivity index (χ4n) is 1.45. The number of hydrogen-bond acceptors (Lipinski definition) is 6. The molecule has 11 heteroatoms. The molecule has 0 amide bonds. The second-order valence-corrected chi connectivity index (χ2v) is 9.76. The van der Waals surface area contributed by atoms with Crippen LogP contribution < -0.4 is 5.14 Å². The van der Waals surface area contributed by atoms with Gasteiger partial charge >= 0.3 is 0 Å². The molecule has 1 aromatic rings. The fourth-order valence-corrected chi connectivity index (χ4v) is 4.77. The Bertz CT molecular complexity index is 779. The molecule has 0 saturated carbocycles. The van der Waals surface area contributed by atoms with Gasteiger partial charge in [-0.25, -0.2) is 30.4 Å². The summed E-state index contributed by atoms with van der Waals surface area (Å²) in [6.07, 6.45) is 1.50. The first-order chi connectivity index (χ1) is 8.82. The van der Waals surface area contributed by atoms with E-state index < -0.39 is 36.6 Å². The summed E-state index contributed by atoms with van der Waals surface area (Å²) in [5.41, 5.74) is 0.187. The van der Waals surface area contributed by atoms with Crippen LogP contribution in [0.3, 0.4) is 0 Å². The molecule has 0 aliphatic rings. The molecule has 0 aromatic heterocycles. The normalized spacial score (nSPS) is 13.6. The Labute approximate surface area is 118 Å². The lowest BCUT2D eigenvalue weighted by Crippen LogP contribution is -2.34. The van der Waals surface area contributed by atoms with Crippen LogP contribution in [0, 0.1) is 0 Å². The van der Waals surface area contributed by atoms with Crippen LogP contribution in [0.4, 0.5) is 0 Å². The van der Waals surface area contributed by atoms with Crippen molar-refractivity contribution in [2.24, 2.45) is 5.14 Å². The van der Waals surface area contributed by atoms with Gasteiger partial charge in [0.05, 0.1) is 24.0 Å². The van der Waals surface area contributed by atoms with Gasteiger partial charge in [0.15, 0.2) is 0 Å². The van der Waals surface area contributed by atoms with Gasteiger partial charge in [0.2, 0.25) is 30.1 Å².